The molecule has 0 aromatic carbocycles. The van der Waals surface area contributed by atoms with E-state index in [1.165, 1.54) is 231 Å². The van der Waals surface area contributed by atoms with Crippen molar-refractivity contribution in [3.05, 3.63) is 12.2 Å². The SMILES string of the molecule is CCCCCCCCC/C=C\CCCCCC(=O)OCC(COC(=O)CCCCCCCCCCCCCCCCCCCCC)OC(=O)CCCCCCCCCCCCCCCCC. The molecule has 0 saturated heterocycles. The molecule has 0 bridgehead atoms. The summed E-state index contributed by atoms with van der Waals surface area (Å²) >= 11 is 0. The normalized spacial score (nSPS) is 12.0. The van der Waals surface area contributed by atoms with Crippen LogP contribution in [0.5, 0.6) is 0 Å². The second-order valence-electron chi connectivity index (χ2n) is 20.3. The van der Waals surface area contributed by atoms with Crippen LogP contribution in [-0.4, -0.2) is 37.2 Å². The summed E-state index contributed by atoms with van der Waals surface area (Å²) in [4.78, 5) is 38.1. The van der Waals surface area contributed by atoms with Gasteiger partial charge in [0.05, 0.1) is 0 Å². The molecule has 0 rings (SSSR count). The van der Waals surface area contributed by atoms with Crippen LogP contribution < -0.4 is 0 Å². The van der Waals surface area contributed by atoms with Crippen molar-refractivity contribution in [1.82, 2.24) is 0 Å². The lowest BCUT2D eigenvalue weighted by Gasteiger charge is -2.18. The molecular formula is C60H114O6. The number of hydrogen-bond acceptors (Lipinski definition) is 6. The van der Waals surface area contributed by atoms with Crippen molar-refractivity contribution in [1.29, 1.82) is 0 Å². The highest BCUT2D eigenvalue weighted by Gasteiger charge is 2.19. The molecule has 66 heavy (non-hydrogen) atoms. The number of rotatable bonds is 55. The molecule has 6 heteroatoms. The van der Waals surface area contributed by atoms with Crippen LogP contribution in [0, 0.1) is 0 Å². The third-order valence-electron chi connectivity index (χ3n) is 13.5. The van der Waals surface area contributed by atoms with E-state index in [9.17, 15) is 14.4 Å². The molecule has 0 aliphatic rings. The molecule has 0 heterocycles. The minimum atomic E-state index is -0.770. The van der Waals surface area contributed by atoms with Gasteiger partial charge in [0, 0.05) is 19.3 Å². The first-order chi connectivity index (χ1) is 32.5. The van der Waals surface area contributed by atoms with Gasteiger partial charge in [-0.25, -0.2) is 0 Å². The van der Waals surface area contributed by atoms with Crippen molar-refractivity contribution in [3.8, 4) is 0 Å². The lowest BCUT2D eigenvalue weighted by Crippen LogP contribution is -2.30. The fourth-order valence-corrected chi connectivity index (χ4v) is 9.03. The number of unbranched alkanes of at least 4 members (excludes halogenated alkanes) is 42. The molecule has 6 nitrogen and oxygen atoms in total. The van der Waals surface area contributed by atoms with E-state index in [4.69, 9.17) is 14.2 Å². The van der Waals surface area contributed by atoms with Crippen LogP contribution in [0.4, 0.5) is 0 Å². The van der Waals surface area contributed by atoms with Crippen molar-refractivity contribution in [3.63, 3.8) is 0 Å². The number of ether oxygens (including phenoxy) is 3. The van der Waals surface area contributed by atoms with Crippen LogP contribution in [0.15, 0.2) is 12.2 Å². The Kier molecular flexibility index (Phi) is 54.2. The van der Waals surface area contributed by atoms with Crippen LogP contribution in [0.25, 0.3) is 0 Å². The summed E-state index contributed by atoms with van der Waals surface area (Å²) < 4.78 is 16.9. The standard InChI is InChI=1S/C60H114O6/c1-4-7-10-13-16-19-22-25-28-29-30-31-33-35-38-41-44-47-50-53-59(62)65-56-57(55-64-58(61)52-49-46-43-40-37-34-27-24-21-18-15-12-9-6-3)66-60(63)54-51-48-45-42-39-36-32-26-23-20-17-14-11-8-5-2/h34,37,57H,4-33,35-36,38-56H2,1-3H3/b37-34-. The van der Waals surface area contributed by atoms with E-state index in [2.05, 4.69) is 32.9 Å². The van der Waals surface area contributed by atoms with Crippen molar-refractivity contribution in [2.75, 3.05) is 13.2 Å². The van der Waals surface area contributed by atoms with Crippen LogP contribution in [0.1, 0.15) is 335 Å². The third-order valence-corrected chi connectivity index (χ3v) is 13.5. The van der Waals surface area contributed by atoms with E-state index in [1.54, 1.807) is 0 Å². The maximum absolute atomic E-state index is 12.8. The minimum absolute atomic E-state index is 0.0684. The lowest BCUT2D eigenvalue weighted by molar-refractivity contribution is -0.167. The molecule has 0 aliphatic heterocycles. The summed E-state index contributed by atoms with van der Waals surface area (Å²) in [6.07, 6.45) is 63.5. The quantitative estimate of drug-likeness (QED) is 0.0262. The average Bonchev–Trinajstić information content (AvgIpc) is 3.31. The molecule has 0 aliphatic carbocycles. The number of carbonyl (C=O) groups excluding carboxylic acids is 3. The highest BCUT2D eigenvalue weighted by Crippen LogP contribution is 2.17. The van der Waals surface area contributed by atoms with Crippen molar-refractivity contribution in [2.24, 2.45) is 0 Å². The van der Waals surface area contributed by atoms with E-state index in [0.717, 1.165) is 64.2 Å². The Morgan fingerprint density at radius 2 is 0.500 bits per heavy atom. The summed E-state index contributed by atoms with van der Waals surface area (Å²) in [6.45, 7) is 6.69. The summed E-state index contributed by atoms with van der Waals surface area (Å²) in [7, 11) is 0. The number of carbonyl (C=O) groups is 3. The summed E-state index contributed by atoms with van der Waals surface area (Å²) in [5.41, 5.74) is 0. The molecule has 390 valence electrons. The summed E-state index contributed by atoms with van der Waals surface area (Å²) in [5.74, 6) is -0.859. The Hall–Kier alpha value is -1.85. The smallest absolute Gasteiger partial charge is 0.306 e. The second kappa shape index (κ2) is 55.7. The Morgan fingerprint density at radius 3 is 0.773 bits per heavy atom. The van der Waals surface area contributed by atoms with E-state index >= 15 is 0 Å². The molecule has 0 aromatic heterocycles. The lowest BCUT2D eigenvalue weighted by atomic mass is 10.0. The van der Waals surface area contributed by atoms with Gasteiger partial charge in [0.25, 0.3) is 0 Å². The van der Waals surface area contributed by atoms with Crippen LogP contribution in [0.2, 0.25) is 0 Å². The first-order valence-corrected chi connectivity index (χ1v) is 29.7. The van der Waals surface area contributed by atoms with E-state index in [0.29, 0.717) is 19.3 Å². The number of hydrogen-bond donors (Lipinski definition) is 0. The van der Waals surface area contributed by atoms with Crippen molar-refractivity contribution < 1.29 is 28.6 Å². The van der Waals surface area contributed by atoms with Gasteiger partial charge in [0.1, 0.15) is 13.2 Å². The largest absolute Gasteiger partial charge is 0.462 e. The number of esters is 3. The Labute approximate surface area is 411 Å². The van der Waals surface area contributed by atoms with Crippen LogP contribution in [0.3, 0.4) is 0 Å². The van der Waals surface area contributed by atoms with Gasteiger partial charge in [0.2, 0.25) is 0 Å². The fraction of sp³-hybridized carbons (Fsp3) is 0.917. The van der Waals surface area contributed by atoms with Gasteiger partial charge in [-0.2, -0.15) is 0 Å². The zero-order valence-electron chi connectivity index (χ0n) is 44.7. The van der Waals surface area contributed by atoms with E-state index in [-0.39, 0.29) is 31.1 Å². The molecule has 0 fully saturated rings. The van der Waals surface area contributed by atoms with E-state index in [1.807, 2.05) is 0 Å². The topological polar surface area (TPSA) is 78.9 Å². The Bertz CT molecular complexity index is 1020. The molecule has 1 unspecified atom stereocenters. The molecule has 0 saturated carbocycles. The molecule has 0 aromatic rings. The highest BCUT2D eigenvalue weighted by atomic mass is 16.6. The third kappa shape index (κ3) is 53.1. The molecule has 0 N–H and O–H groups in total. The number of allylic oxidation sites excluding steroid dienone is 2. The van der Waals surface area contributed by atoms with Gasteiger partial charge in [-0.1, -0.05) is 283 Å². The summed E-state index contributed by atoms with van der Waals surface area (Å²) in [5, 5.41) is 0. The van der Waals surface area contributed by atoms with Gasteiger partial charge in [-0.3, -0.25) is 14.4 Å². The minimum Gasteiger partial charge on any atom is -0.462 e. The zero-order valence-corrected chi connectivity index (χ0v) is 44.7. The van der Waals surface area contributed by atoms with Crippen molar-refractivity contribution >= 4 is 17.9 Å². The summed E-state index contributed by atoms with van der Waals surface area (Å²) in [6, 6.07) is 0. The monoisotopic (exact) mass is 931 g/mol. The first kappa shape index (κ1) is 64.2. The fourth-order valence-electron chi connectivity index (χ4n) is 9.03. The molecule has 0 amide bonds. The van der Waals surface area contributed by atoms with Crippen LogP contribution >= 0.6 is 0 Å². The van der Waals surface area contributed by atoms with Gasteiger partial charge >= 0.3 is 17.9 Å². The Morgan fingerprint density at radius 1 is 0.288 bits per heavy atom. The maximum atomic E-state index is 12.8. The predicted molar refractivity (Wildman–Crippen MR) is 284 cm³/mol. The molecule has 0 spiro atoms. The predicted octanol–water partition coefficient (Wildman–Crippen LogP) is 19.7. The Balaban J connectivity index is 4.30. The zero-order chi connectivity index (χ0) is 47.9. The maximum Gasteiger partial charge on any atom is 0.306 e. The highest BCUT2D eigenvalue weighted by molar-refractivity contribution is 5.71. The van der Waals surface area contributed by atoms with E-state index < -0.39 is 6.10 Å². The molecule has 0 radical (unpaired) electrons. The van der Waals surface area contributed by atoms with Crippen LogP contribution in [-0.2, 0) is 28.6 Å². The van der Waals surface area contributed by atoms with Gasteiger partial charge < -0.3 is 14.2 Å². The van der Waals surface area contributed by atoms with Gasteiger partial charge in [-0.15, -0.1) is 0 Å². The van der Waals surface area contributed by atoms with Gasteiger partial charge in [0.15, 0.2) is 6.10 Å². The first-order valence-electron chi connectivity index (χ1n) is 29.7. The van der Waals surface area contributed by atoms with Gasteiger partial charge in [-0.05, 0) is 44.9 Å². The molecule has 1 atom stereocenters. The second-order valence-corrected chi connectivity index (χ2v) is 20.3. The average molecular weight is 932 g/mol. The molecular weight excluding hydrogens is 817 g/mol. The van der Waals surface area contributed by atoms with Crippen molar-refractivity contribution in [2.45, 2.75) is 341 Å².